The molecule has 1 aliphatic heterocycles. The van der Waals surface area contributed by atoms with Gasteiger partial charge in [0.1, 0.15) is 5.65 Å². The van der Waals surface area contributed by atoms with Gasteiger partial charge < -0.3 is 20.9 Å². The van der Waals surface area contributed by atoms with E-state index in [2.05, 4.69) is 26.4 Å². The molecule has 0 bridgehead atoms. The number of aromatic nitrogens is 2. The number of anilines is 2. The smallest absolute Gasteiger partial charge is 0.224 e. The van der Waals surface area contributed by atoms with E-state index >= 15 is 0 Å². The summed E-state index contributed by atoms with van der Waals surface area (Å²) < 4.78 is 0. The van der Waals surface area contributed by atoms with Crippen molar-refractivity contribution in [3.05, 3.63) is 12.4 Å². The molecular weight excluding hydrogens is 334 g/mol. The van der Waals surface area contributed by atoms with Gasteiger partial charge in [-0.2, -0.15) is 0 Å². The highest BCUT2D eigenvalue weighted by Gasteiger charge is 2.27. The van der Waals surface area contributed by atoms with Gasteiger partial charge in [-0.15, -0.1) is 11.8 Å². The number of amides is 1. The molecule has 0 aromatic carbocycles. The minimum Gasteiger partial charge on any atom is -0.368 e. The third-order valence-corrected chi connectivity index (χ3v) is 5.82. The molecule has 1 amide bonds. The van der Waals surface area contributed by atoms with E-state index in [1.165, 1.54) is 12.8 Å². The summed E-state index contributed by atoms with van der Waals surface area (Å²) in [6.45, 7) is 1.83. The van der Waals surface area contributed by atoms with Crippen molar-refractivity contribution >= 4 is 40.1 Å². The number of H-pyrrole nitrogens is 1. The van der Waals surface area contributed by atoms with Crippen LogP contribution < -0.4 is 16.0 Å². The van der Waals surface area contributed by atoms with Gasteiger partial charge in [0.05, 0.1) is 16.8 Å². The van der Waals surface area contributed by atoms with E-state index in [0.29, 0.717) is 12.3 Å². The van der Waals surface area contributed by atoms with E-state index in [0.717, 1.165) is 53.2 Å². The molecule has 2 aromatic rings. The fourth-order valence-corrected chi connectivity index (χ4v) is 4.20. The zero-order valence-electron chi connectivity index (χ0n) is 14.5. The number of hydrogen-bond acceptors (Lipinski definition) is 5. The van der Waals surface area contributed by atoms with Crippen molar-refractivity contribution < 1.29 is 4.79 Å². The van der Waals surface area contributed by atoms with Crippen LogP contribution in [0.15, 0.2) is 17.3 Å². The van der Waals surface area contributed by atoms with Gasteiger partial charge in [0.25, 0.3) is 0 Å². The highest BCUT2D eigenvalue weighted by molar-refractivity contribution is 7.98. The van der Waals surface area contributed by atoms with E-state index < -0.39 is 0 Å². The predicted octanol–water partition coefficient (Wildman–Crippen LogP) is 2.95. The Morgan fingerprint density at radius 2 is 2.32 bits per heavy atom. The minimum atomic E-state index is 0.0965. The summed E-state index contributed by atoms with van der Waals surface area (Å²) >= 11 is 1.69. The van der Waals surface area contributed by atoms with Crippen molar-refractivity contribution in [2.24, 2.45) is 11.7 Å². The van der Waals surface area contributed by atoms with E-state index in [-0.39, 0.29) is 11.9 Å². The molecule has 1 saturated carbocycles. The molecule has 4 rings (SSSR count). The van der Waals surface area contributed by atoms with Gasteiger partial charge in [-0.25, -0.2) is 4.98 Å². The standard InChI is InChI=1S/C18H25N5OS/c1-25-14-9-21-18-16(17(14)23-6-2-3-12(19)10-23)13(8-20-18)22-15(24)7-11-4-5-11/h8-9,11-12H,2-7,10,19H2,1H3,(H,20,21)(H,22,24). The monoisotopic (exact) mass is 359 g/mol. The number of carbonyl (C=O) groups is 1. The van der Waals surface area contributed by atoms with Crippen molar-refractivity contribution in [3.63, 3.8) is 0 Å². The zero-order chi connectivity index (χ0) is 17.4. The van der Waals surface area contributed by atoms with Crippen LogP contribution in [0.4, 0.5) is 11.4 Å². The number of rotatable bonds is 5. The molecule has 2 fully saturated rings. The summed E-state index contributed by atoms with van der Waals surface area (Å²) in [4.78, 5) is 23.5. The number of nitrogens with two attached hydrogens (primary N) is 1. The van der Waals surface area contributed by atoms with Gasteiger partial charge in [0.2, 0.25) is 5.91 Å². The zero-order valence-corrected chi connectivity index (χ0v) is 15.4. The molecule has 0 spiro atoms. The van der Waals surface area contributed by atoms with Crippen molar-refractivity contribution in [2.45, 2.75) is 43.0 Å². The molecule has 0 radical (unpaired) electrons. The Hall–Kier alpha value is -1.73. The summed E-state index contributed by atoms with van der Waals surface area (Å²) in [7, 11) is 0. The van der Waals surface area contributed by atoms with E-state index in [4.69, 9.17) is 5.73 Å². The molecule has 1 aliphatic carbocycles. The largest absolute Gasteiger partial charge is 0.368 e. The Kier molecular flexibility index (Phi) is 4.60. The predicted molar refractivity (Wildman–Crippen MR) is 103 cm³/mol. The molecule has 3 heterocycles. The van der Waals surface area contributed by atoms with E-state index in [9.17, 15) is 4.79 Å². The minimum absolute atomic E-state index is 0.0965. The summed E-state index contributed by atoms with van der Waals surface area (Å²) in [5, 5.41) is 4.11. The van der Waals surface area contributed by atoms with Crippen molar-refractivity contribution in [2.75, 3.05) is 29.6 Å². The summed E-state index contributed by atoms with van der Waals surface area (Å²) in [6.07, 6.45) is 11.0. The molecule has 2 aromatic heterocycles. The van der Waals surface area contributed by atoms with Crippen LogP contribution in [0.2, 0.25) is 0 Å². The Labute approximate surface area is 151 Å². The van der Waals surface area contributed by atoms with Crippen LogP contribution in [0.3, 0.4) is 0 Å². The average molecular weight is 359 g/mol. The molecule has 2 aliphatic rings. The van der Waals surface area contributed by atoms with E-state index in [1.807, 2.05) is 12.4 Å². The second-order valence-corrected chi connectivity index (χ2v) is 7.99. The summed E-state index contributed by atoms with van der Waals surface area (Å²) in [5.74, 6) is 0.670. The fourth-order valence-electron chi connectivity index (χ4n) is 3.62. The highest BCUT2D eigenvalue weighted by atomic mass is 32.2. The number of nitrogens with one attached hydrogen (secondary N) is 2. The number of carbonyl (C=O) groups excluding carboxylic acids is 1. The van der Waals surface area contributed by atoms with Gasteiger partial charge in [0, 0.05) is 42.8 Å². The number of hydrogen-bond donors (Lipinski definition) is 3. The maximum atomic E-state index is 12.3. The highest BCUT2D eigenvalue weighted by Crippen LogP contribution is 2.40. The molecule has 1 atom stereocenters. The Balaban J connectivity index is 1.72. The van der Waals surface area contributed by atoms with Gasteiger partial charge in [-0.1, -0.05) is 0 Å². The molecule has 1 unspecified atom stereocenters. The first-order valence-corrected chi connectivity index (χ1v) is 10.2. The Morgan fingerprint density at radius 1 is 1.48 bits per heavy atom. The SMILES string of the molecule is CSc1cnc2[nH]cc(NC(=O)CC3CC3)c2c1N1CCCC(N)C1. The first kappa shape index (κ1) is 16.7. The molecule has 134 valence electrons. The van der Waals surface area contributed by atoms with Crippen LogP contribution in [-0.4, -0.2) is 41.3 Å². The number of aromatic amines is 1. The lowest BCUT2D eigenvalue weighted by molar-refractivity contribution is -0.116. The molecule has 7 heteroatoms. The third-order valence-electron chi connectivity index (χ3n) is 5.08. The number of pyridine rings is 1. The van der Waals surface area contributed by atoms with Gasteiger partial charge >= 0.3 is 0 Å². The summed E-state index contributed by atoms with van der Waals surface area (Å²) in [5.41, 5.74) is 9.01. The quantitative estimate of drug-likeness (QED) is 0.715. The molecule has 6 nitrogen and oxygen atoms in total. The first-order valence-electron chi connectivity index (χ1n) is 9.00. The molecule has 1 saturated heterocycles. The molecular formula is C18H25N5OS. The second-order valence-electron chi connectivity index (χ2n) is 7.15. The topological polar surface area (TPSA) is 87.0 Å². The van der Waals surface area contributed by atoms with Crippen LogP contribution in [0.1, 0.15) is 32.1 Å². The third kappa shape index (κ3) is 3.48. The number of nitrogens with zero attached hydrogens (tertiary/aromatic N) is 2. The van der Waals surface area contributed by atoms with Crippen LogP contribution in [0.5, 0.6) is 0 Å². The first-order chi connectivity index (χ1) is 12.2. The molecule has 4 N–H and O–H groups in total. The Morgan fingerprint density at radius 3 is 3.04 bits per heavy atom. The maximum absolute atomic E-state index is 12.3. The average Bonchev–Trinajstić information content (AvgIpc) is 3.33. The normalized spacial score (nSPS) is 20.9. The van der Waals surface area contributed by atoms with Crippen LogP contribution in [0, 0.1) is 5.92 Å². The van der Waals surface area contributed by atoms with Gasteiger partial charge in [-0.3, -0.25) is 4.79 Å². The van der Waals surface area contributed by atoms with Crippen molar-refractivity contribution in [1.29, 1.82) is 0 Å². The van der Waals surface area contributed by atoms with Crippen LogP contribution in [-0.2, 0) is 4.79 Å². The second kappa shape index (κ2) is 6.88. The summed E-state index contributed by atoms with van der Waals surface area (Å²) in [6, 6.07) is 0.193. The van der Waals surface area contributed by atoms with Crippen molar-refractivity contribution in [3.8, 4) is 0 Å². The fraction of sp³-hybridized carbons (Fsp3) is 0.556. The lowest BCUT2D eigenvalue weighted by atomic mass is 10.1. The number of piperidine rings is 1. The van der Waals surface area contributed by atoms with Crippen LogP contribution in [0.25, 0.3) is 11.0 Å². The number of thioether (sulfide) groups is 1. The van der Waals surface area contributed by atoms with Gasteiger partial charge in [0.15, 0.2) is 0 Å². The number of fused-ring (bicyclic) bond motifs is 1. The van der Waals surface area contributed by atoms with Crippen LogP contribution >= 0.6 is 11.8 Å². The molecule has 25 heavy (non-hydrogen) atoms. The van der Waals surface area contributed by atoms with Crippen molar-refractivity contribution in [1.82, 2.24) is 9.97 Å². The van der Waals surface area contributed by atoms with E-state index in [1.54, 1.807) is 11.8 Å². The lowest BCUT2D eigenvalue weighted by Gasteiger charge is -2.34. The maximum Gasteiger partial charge on any atom is 0.224 e. The van der Waals surface area contributed by atoms with Gasteiger partial charge in [-0.05, 0) is 37.9 Å². The lowest BCUT2D eigenvalue weighted by Crippen LogP contribution is -2.43. The Bertz CT molecular complexity index is 785.